The number of nitrogens with zero attached hydrogens (tertiary/aromatic N) is 1. The minimum atomic E-state index is -4.35. The molecule has 0 spiro atoms. The summed E-state index contributed by atoms with van der Waals surface area (Å²) in [6.45, 7) is 4.69. The van der Waals surface area contributed by atoms with E-state index in [4.69, 9.17) is 9.05 Å². The summed E-state index contributed by atoms with van der Waals surface area (Å²) >= 11 is 0. The van der Waals surface area contributed by atoms with Crippen LogP contribution in [0.25, 0.3) is 0 Å². The number of likely N-dealkylation sites (N-methyl/N-ethyl adjacent to an activating group) is 1. The molecule has 9 heteroatoms. The molecule has 66 heavy (non-hydrogen) atoms. The maximum Gasteiger partial charge on any atom is 0.472 e. The van der Waals surface area contributed by atoms with Crippen LogP contribution in [0.1, 0.15) is 232 Å². The molecule has 384 valence electrons. The van der Waals surface area contributed by atoms with Gasteiger partial charge in [0.2, 0.25) is 5.91 Å². The average Bonchev–Trinajstić information content (AvgIpc) is 3.28. The topological polar surface area (TPSA) is 105 Å². The molecule has 0 fully saturated rings. The van der Waals surface area contributed by atoms with E-state index >= 15 is 0 Å². The zero-order valence-electron chi connectivity index (χ0n) is 43.7. The van der Waals surface area contributed by atoms with E-state index in [2.05, 4.69) is 79.9 Å². The van der Waals surface area contributed by atoms with Crippen molar-refractivity contribution in [1.82, 2.24) is 5.32 Å². The van der Waals surface area contributed by atoms with Crippen molar-refractivity contribution in [3.05, 3.63) is 72.9 Å². The van der Waals surface area contributed by atoms with Gasteiger partial charge >= 0.3 is 7.82 Å². The summed E-state index contributed by atoms with van der Waals surface area (Å²) < 4.78 is 23.6. The third kappa shape index (κ3) is 49.8. The minimum Gasteiger partial charge on any atom is -0.387 e. The van der Waals surface area contributed by atoms with Crippen LogP contribution in [0.5, 0.6) is 0 Å². The lowest BCUT2D eigenvalue weighted by Crippen LogP contribution is -2.45. The number of aliphatic hydroxyl groups excluding tert-OH is 1. The third-order valence-electron chi connectivity index (χ3n) is 11.9. The Labute approximate surface area is 408 Å². The van der Waals surface area contributed by atoms with E-state index in [-0.39, 0.29) is 19.1 Å². The number of nitrogens with one attached hydrogen (secondary N) is 1. The Morgan fingerprint density at radius 2 is 0.909 bits per heavy atom. The lowest BCUT2D eigenvalue weighted by Gasteiger charge is -2.25. The largest absolute Gasteiger partial charge is 0.472 e. The molecule has 0 saturated heterocycles. The fourth-order valence-corrected chi connectivity index (χ4v) is 8.29. The first-order valence-corrected chi connectivity index (χ1v) is 28.8. The van der Waals surface area contributed by atoms with Crippen LogP contribution in [-0.2, 0) is 18.4 Å². The van der Waals surface area contributed by atoms with Gasteiger partial charge in [0.25, 0.3) is 0 Å². The van der Waals surface area contributed by atoms with Gasteiger partial charge in [0.05, 0.1) is 39.9 Å². The van der Waals surface area contributed by atoms with Crippen molar-refractivity contribution in [3.8, 4) is 0 Å². The van der Waals surface area contributed by atoms with Gasteiger partial charge in [-0.25, -0.2) is 4.57 Å². The van der Waals surface area contributed by atoms with Gasteiger partial charge < -0.3 is 19.8 Å². The standard InChI is InChI=1S/C57H105N2O6P/c1-6-8-10-12-14-16-18-19-20-21-22-23-24-25-26-27-28-29-30-31-32-33-34-35-36-37-38-39-41-43-45-47-49-51-57(61)58-55(54-65-66(62,63)64-53-52-59(3,4)5)56(60)50-48-46-44-42-40-17-15-13-11-9-7-2/h11,13,18-19,21-22,24-25,40,42,48,50,55-56,60H,6-10,12,14-17,20,23,26-39,41,43-47,49,51-54H2,1-5H3,(H-,58,61,62,63)/p+1/b13-11+,19-18-,22-21-,25-24-,42-40+,50-48+. The van der Waals surface area contributed by atoms with E-state index < -0.39 is 20.0 Å². The van der Waals surface area contributed by atoms with Gasteiger partial charge in [0, 0.05) is 6.42 Å². The molecule has 0 aromatic carbocycles. The van der Waals surface area contributed by atoms with Crippen LogP contribution in [0, 0.1) is 0 Å². The molecular weight excluding hydrogens is 840 g/mol. The summed E-state index contributed by atoms with van der Waals surface area (Å²) in [5.74, 6) is -0.193. The SMILES string of the molecule is CCC/C=C/CC/C=C/CC/C=C/C(O)C(COP(=O)(O)OCC[N+](C)(C)C)NC(=O)CCCCCCCCCCCCCCCCCCCC/C=C\C/C=C\C/C=C\CCCCCCC. The number of quaternary nitrogens is 1. The van der Waals surface area contributed by atoms with Gasteiger partial charge in [-0.1, -0.05) is 222 Å². The number of hydrogen-bond acceptors (Lipinski definition) is 5. The first-order valence-electron chi connectivity index (χ1n) is 27.3. The second-order valence-electron chi connectivity index (χ2n) is 19.6. The van der Waals surface area contributed by atoms with Crippen LogP contribution < -0.4 is 5.32 Å². The molecule has 1 amide bonds. The van der Waals surface area contributed by atoms with Gasteiger partial charge in [-0.05, 0) is 77.0 Å². The Morgan fingerprint density at radius 3 is 1.36 bits per heavy atom. The van der Waals surface area contributed by atoms with Crippen molar-refractivity contribution in [3.63, 3.8) is 0 Å². The molecule has 0 saturated carbocycles. The predicted molar refractivity (Wildman–Crippen MR) is 286 cm³/mol. The van der Waals surface area contributed by atoms with E-state index in [9.17, 15) is 19.4 Å². The van der Waals surface area contributed by atoms with Crippen LogP contribution in [0.3, 0.4) is 0 Å². The smallest absolute Gasteiger partial charge is 0.387 e. The quantitative estimate of drug-likeness (QED) is 0.0243. The molecule has 0 rings (SSSR count). The van der Waals surface area contributed by atoms with Crippen LogP contribution in [0.4, 0.5) is 0 Å². The normalized spacial score (nSPS) is 14.6. The highest BCUT2D eigenvalue weighted by Crippen LogP contribution is 2.43. The van der Waals surface area contributed by atoms with E-state index in [1.54, 1.807) is 6.08 Å². The molecule has 0 aliphatic rings. The summed E-state index contributed by atoms with van der Waals surface area (Å²) in [5, 5.41) is 13.8. The van der Waals surface area contributed by atoms with Crippen molar-refractivity contribution in [2.75, 3.05) is 40.9 Å². The van der Waals surface area contributed by atoms with Crippen molar-refractivity contribution in [2.45, 2.75) is 244 Å². The number of unbranched alkanes of at least 4 members (excludes halogenated alkanes) is 26. The van der Waals surface area contributed by atoms with Crippen LogP contribution in [-0.4, -0.2) is 73.4 Å². The van der Waals surface area contributed by atoms with Crippen LogP contribution >= 0.6 is 7.82 Å². The Kier molecular flexibility index (Phi) is 46.5. The summed E-state index contributed by atoms with van der Waals surface area (Å²) in [7, 11) is 1.54. The van der Waals surface area contributed by atoms with Gasteiger partial charge in [-0.3, -0.25) is 13.8 Å². The number of hydrogen-bond donors (Lipinski definition) is 3. The first kappa shape index (κ1) is 63.9. The fraction of sp³-hybridized carbons (Fsp3) is 0.772. The third-order valence-corrected chi connectivity index (χ3v) is 12.8. The molecular formula is C57H106N2O6P+. The first-order chi connectivity index (χ1) is 32.0. The van der Waals surface area contributed by atoms with Gasteiger partial charge in [0.15, 0.2) is 0 Å². The second-order valence-corrected chi connectivity index (χ2v) is 21.0. The second kappa shape index (κ2) is 48.0. The van der Waals surface area contributed by atoms with Crippen LogP contribution in [0.15, 0.2) is 72.9 Å². The summed E-state index contributed by atoms with van der Waals surface area (Å²) in [6.07, 6.45) is 65.9. The highest BCUT2D eigenvalue weighted by atomic mass is 31.2. The van der Waals surface area contributed by atoms with E-state index in [0.29, 0.717) is 17.4 Å². The summed E-state index contributed by atoms with van der Waals surface area (Å²) in [4.78, 5) is 23.2. The average molecular weight is 946 g/mol. The van der Waals surface area contributed by atoms with E-state index in [1.807, 2.05) is 27.2 Å². The molecule has 0 heterocycles. The number of carbonyl (C=O) groups is 1. The molecule has 0 aromatic heterocycles. The molecule has 8 nitrogen and oxygen atoms in total. The fourth-order valence-electron chi connectivity index (χ4n) is 7.56. The number of phosphoric acid groups is 1. The molecule has 0 aromatic rings. The molecule has 3 unspecified atom stereocenters. The zero-order chi connectivity index (χ0) is 48.5. The Bertz CT molecular complexity index is 1300. The van der Waals surface area contributed by atoms with Crippen LogP contribution in [0.2, 0.25) is 0 Å². The Morgan fingerprint density at radius 1 is 0.515 bits per heavy atom. The monoisotopic (exact) mass is 946 g/mol. The van der Waals surface area contributed by atoms with Gasteiger partial charge in [0.1, 0.15) is 13.2 Å². The lowest BCUT2D eigenvalue weighted by atomic mass is 10.0. The number of rotatable bonds is 49. The number of phosphoric ester groups is 1. The number of allylic oxidation sites excluding steroid dienone is 11. The zero-order valence-corrected chi connectivity index (χ0v) is 44.6. The van der Waals surface area contributed by atoms with Crippen molar-refractivity contribution >= 4 is 13.7 Å². The van der Waals surface area contributed by atoms with Crippen molar-refractivity contribution < 1.29 is 32.9 Å². The summed E-state index contributed by atoms with van der Waals surface area (Å²) in [6, 6.07) is -0.870. The molecule has 3 N–H and O–H groups in total. The highest BCUT2D eigenvalue weighted by molar-refractivity contribution is 7.47. The molecule has 0 bridgehead atoms. The van der Waals surface area contributed by atoms with Crippen molar-refractivity contribution in [2.24, 2.45) is 0 Å². The van der Waals surface area contributed by atoms with E-state index in [0.717, 1.165) is 64.2 Å². The molecule has 3 atom stereocenters. The number of aliphatic hydroxyl groups is 1. The maximum atomic E-state index is 12.9. The number of amides is 1. The summed E-state index contributed by atoms with van der Waals surface area (Å²) in [5.41, 5.74) is 0. The molecule has 0 radical (unpaired) electrons. The Balaban J connectivity index is 4.02. The highest BCUT2D eigenvalue weighted by Gasteiger charge is 2.27. The van der Waals surface area contributed by atoms with Gasteiger partial charge in [-0.15, -0.1) is 0 Å². The van der Waals surface area contributed by atoms with Crippen molar-refractivity contribution in [1.29, 1.82) is 0 Å². The Hall–Kier alpha value is -2.06. The number of carbonyl (C=O) groups excluding carboxylic acids is 1. The maximum absolute atomic E-state index is 12.9. The lowest BCUT2D eigenvalue weighted by molar-refractivity contribution is -0.870. The molecule has 0 aliphatic carbocycles. The minimum absolute atomic E-state index is 0.0517. The molecule has 0 aliphatic heterocycles. The van der Waals surface area contributed by atoms with E-state index in [1.165, 1.54) is 148 Å². The van der Waals surface area contributed by atoms with Gasteiger partial charge in [-0.2, -0.15) is 0 Å². The predicted octanol–water partition coefficient (Wildman–Crippen LogP) is 16.3.